The summed E-state index contributed by atoms with van der Waals surface area (Å²) >= 11 is 0. The van der Waals surface area contributed by atoms with Gasteiger partial charge in [-0.1, -0.05) is 37.3 Å². The molecule has 14 heavy (non-hydrogen) atoms. The lowest BCUT2D eigenvalue weighted by Gasteiger charge is -2.13. The lowest BCUT2D eigenvalue weighted by Crippen LogP contribution is -2.19. The summed E-state index contributed by atoms with van der Waals surface area (Å²) < 4.78 is 11.4. The van der Waals surface area contributed by atoms with Crippen LogP contribution in [0.25, 0.3) is 0 Å². The molecule has 78 valence electrons. The van der Waals surface area contributed by atoms with E-state index in [0.29, 0.717) is 18.1 Å². The lowest BCUT2D eigenvalue weighted by molar-refractivity contribution is 0.673. The Balaban J connectivity index is 2.68. The highest BCUT2D eigenvalue weighted by atomic mass is 32.2. The highest BCUT2D eigenvalue weighted by Gasteiger charge is 2.11. The van der Waals surface area contributed by atoms with Crippen LogP contribution in [0.1, 0.15) is 18.4 Å². The molecular formula is C11H17NOS. The van der Waals surface area contributed by atoms with Crippen LogP contribution in [0.2, 0.25) is 0 Å². The molecule has 0 amide bonds. The zero-order valence-corrected chi connectivity index (χ0v) is 9.30. The van der Waals surface area contributed by atoms with Crippen LogP contribution >= 0.6 is 0 Å². The largest absolute Gasteiger partial charge is 0.330 e. The maximum atomic E-state index is 11.4. The monoisotopic (exact) mass is 211 g/mol. The molecule has 0 aliphatic rings. The Bertz CT molecular complexity index is 287. The zero-order chi connectivity index (χ0) is 10.4. The van der Waals surface area contributed by atoms with Gasteiger partial charge in [0.1, 0.15) is 0 Å². The number of benzene rings is 1. The van der Waals surface area contributed by atoms with Crippen LogP contribution in [0.5, 0.6) is 0 Å². The molecule has 0 aromatic heterocycles. The second-order valence-electron chi connectivity index (χ2n) is 3.24. The van der Waals surface area contributed by atoms with Gasteiger partial charge in [0.2, 0.25) is 0 Å². The first-order valence-electron chi connectivity index (χ1n) is 4.88. The van der Waals surface area contributed by atoms with E-state index in [-0.39, 0.29) is 5.92 Å². The van der Waals surface area contributed by atoms with Crippen molar-refractivity contribution in [2.45, 2.75) is 12.8 Å². The lowest BCUT2D eigenvalue weighted by atomic mass is 10.0. The smallest absolute Gasteiger partial charge is 0.0315 e. The van der Waals surface area contributed by atoms with Gasteiger partial charge < -0.3 is 5.73 Å². The molecule has 2 N–H and O–H groups in total. The van der Waals surface area contributed by atoms with Crippen molar-refractivity contribution in [3.05, 3.63) is 35.9 Å². The normalized spacial score (nSPS) is 15.0. The molecule has 1 rings (SSSR count). The molecule has 3 heteroatoms. The van der Waals surface area contributed by atoms with E-state index < -0.39 is 10.8 Å². The molecule has 1 aromatic rings. The predicted molar refractivity (Wildman–Crippen MR) is 61.8 cm³/mol. The van der Waals surface area contributed by atoms with Gasteiger partial charge in [0.15, 0.2) is 0 Å². The van der Waals surface area contributed by atoms with E-state index in [2.05, 4.69) is 0 Å². The Morgan fingerprint density at radius 2 is 2.00 bits per heavy atom. The van der Waals surface area contributed by atoms with Gasteiger partial charge in [0.05, 0.1) is 0 Å². The van der Waals surface area contributed by atoms with Crippen molar-refractivity contribution in [1.82, 2.24) is 0 Å². The Labute approximate surface area is 88.0 Å². The summed E-state index contributed by atoms with van der Waals surface area (Å²) in [6.45, 7) is 2.50. The van der Waals surface area contributed by atoms with E-state index in [1.165, 1.54) is 5.56 Å². The van der Waals surface area contributed by atoms with Crippen molar-refractivity contribution >= 4 is 10.8 Å². The first-order chi connectivity index (χ1) is 6.77. The van der Waals surface area contributed by atoms with E-state index in [9.17, 15) is 4.21 Å². The van der Waals surface area contributed by atoms with Gasteiger partial charge in [-0.15, -0.1) is 0 Å². The molecule has 2 atom stereocenters. The summed E-state index contributed by atoms with van der Waals surface area (Å²) in [7, 11) is -0.737. The minimum atomic E-state index is -0.737. The third-order valence-electron chi connectivity index (χ3n) is 2.26. The molecule has 1 aromatic carbocycles. The standard InChI is InChI=1S/C11H17NOS/c1-2-14(13)9-11(8-12)10-6-4-3-5-7-10/h3-7,11H,2,8-9,12H2,1H3. The van der Waals surface area contributed by atoms with Gasteiger partial charge in [-0.3, -0.25) is 4.21 Å². The molecule has 0 aliphatic carbocycles. The maximum absolute atomic E-state index is 11.4. The van der Waals surface area contributed by atoms with Crippen molar-refractivity contribution in [2.24, 2.45) is 5.73 Å². The molecule has 0 saturated heterocycles. The average molecular weight is 211 g/mol. The summed E-state index contributed by atoms with van der Waals surface area (Å²) in [5, 5.41) is 0. The first-order valence-corrected chi connectivity index (χ1v) is 6.36. The van der Waals surface area contributed by atoms with Crippen LogP contribution < -0.4 is 5.73 Å². The van der Waals surface area contributed by atoms with Gasteiger partial charge in [-0.05, 0) is 5.56 Å². The summed E-state index contributed by atoms with van der Waals surface area (Å²) in [4.78, 5) is 0. The van der Waals surface area contributed by atoms with Crippen molar-refractivity contribution in [1.29, 1.82) is 0 Å². The Hall–Kier alpha value is -0.670. The van der Waals surface area contributed by atoms with Crippen molar-refractivity contribution in [2.75, 3.05) is 18.1 Å². The van der Waals surface area contributed by atoms with Crippen molar-refractivity contribution in [3.8, 4) is 0 Å². The fraction of sp³-hybridized carbons (Fsp3) is 0.455. The van der Waals surface area contributed by atoms with E-state index in [1.54, 1.807) is 0 Å². The number of hydrogen-bond acceptors (Lipinski definition) is 2. The maximum Gasteiger partial charge on any atom is 0.0315 e. The van der Waals surface area contributed by atoms with E-state index in [1.807, 2.05) is 37.3 Å². The number of nitrogens with two attached hydrogens (primary N) is 1. The zero-order valence-electron chi connectivity index (χ0n) is 8.48. The minimum Gasteiger partial charge on any atom is -0.330 e. The fourth-order valence-corrected chi connectivity index (χ4v) is 2.38. The number of hydrogen-bond donors (Lipinski definition) is 1. The van der Waals surface area contributed by atoms with Crippen molar-refractivity contribution in [3.63, 3.8) is 0 Å². The molecule has 0 fully saturated rings. The molecule has 0 aliphatic heterocycles. The molecular weight excluding hydrogens is 194 g/mol. The van der Waals surface area contributed by atoms with Crippen LogP contribution in [0.4, 0.5) is 0 Å². The van der Waals surface area contributed by atoms with E-state index >= 15 is 0 Å². The van der Waals surface area contributed by atoms with Crippen LogP contribution in [-0.2, 0) is 10.8 Å². The summed E-state index contributed by atoms with van der Waals surface area (Å²) in [5.74, 6) is 1.62. The Kier molecular flexibility index (Phi) is 4.84. The van der Waals surface area contributed by atoms with Gasteiger partial charge in [-0.25, -0.2) is 0 Å². The molecule has 0 radical (unpaired) electrons. The third kappa shape index (κ3) is 3.24. The van der Waals surface area contributed by atoms with Crippen molar-refractivity contribution < 1.29 is 4.21 Å². The molecule has 0 heterocycles. The van der Waals surface area contributed by atoms with Gasteiger partial charge in [0.25, 0.3) is 0 Å². The van der Waals surface area contributed by atoms with Gasteiger partial charge in [0, 0.05) is 34.8 Å². The molecule has 0 bridgehead atoms. The SMILES string of the molecule is CCS(=O)CC(CN)c1ccccc1. The van der Waals surface area contributed by atoms with Gasteiger partial charge >= 0.3 is 0 Å². The summed E-state index contributed by atoms with van der Waals surface area (Å²) in [6.07, 6.45) is 0. The molecule has 0 saturated carbocycles. The summed E-state index contributed by atoms with van der Waals surface area (Å²) in [5.41, 5.74) is 6.86. The van der Waals surface area contributed by atoms with Crippen LogP contribution in [0.3, 0.4) is 0 Å². The topological polar surface area (TPSA) is 43.1 Å². The minimum absolute atomic E-state index is 0.233. The fourth-order valence-electron chi connectivity index (χ4n) is 1.37. The molecule has 2 nitrogen and oxygen atoms in total. The average Bonchev–Trinajstić information content (AvgIpc) is 2.26. The Morgan fingerprint density at radius 1 is 1.36 bits per heavy atom. The second kappa shape index (κ2) is 5.94. The van der Waals surface area contributed by atoms with Crippen LogP contribution in [0.15, 0.2) is 30.3 Å². The van der Waals surface area contributed by atoms with Crippen LogP contribution in [0, 0.1) is 0 Å². The predicted octanol–water partition coefficient (Wildman–Crippen LogP) is 1.50. The Morgan fingerprint density at radius 3 is 2.50 bits per heavy atom. The second-order valence-corrected chi connectivity index (χ2v) is 5.03. The quantitative estimate of drug-likeness (QED) is 0.802. The van der Waals surface area contributed by atoms with Gasteiger partial charge in [-0.2, -0.15) is 0 Å². The summed E-state index contributed by atoms with van der Waals surface area (Å²) in [6, 6.07) is 10.1. The van der Waals surface area contributed by atoms with E-state index in [4.69, 9.17) is 5.73 Å². The van der Waals surface area contributed by atoms with E-state index in [0.717, 1.165) is 0 Å². The first kappa shape index (κ1) is 11.4. The number of rotatable bonds is 5. The molecule has 0 spiro atoms. The third-order valence-corrected chi connectivity index (χ3v) is 3.68. The van der Waals surface area contributed by atoms with Crippen LogP contribution in [-0.4, -0.2) is 22.3 Å². The molecule has 2 unspecified atom stereocenters. The highest BCUT2D eigenvalue weighted by Crippen LogP contribution is 2.15. The highest BCUT2D eigenvalue weighted by molar-refractivity contribution is 7.84.